The van der Waals surface area contributed by atoms with Crippen LogP contribution in [-0.2, 0) is 35.1 Å². The number of rotatable bonds is 7. The van der Waals surface area contributed by atoms with E-state index in [1.807, 2.05) is 24.3 Å². The predicted octanol–water partition coefficient (Wildman–Crippen LogP) is 2.03. The van der Waals surface area contributed by atoms with Crippen molar-refractivity contribution in [2.24, 2.45) is 0 Å². The van der Waals surface area contributed by atoms with E-state index in [2.05, 4.69) is 4.74 Å². The summed E-state index contributed by atoms with van der Waals surface area (Å²) in [6.07, 6.45) is 1.10. The maximum atomic E-state index is 11.8. The minimum Gasteiger partial charge on any atom is -0.497 e. The SMILES string of the molecule is COC(=O)/C=C1/C[C@H](COCc2ccc(OC)cc2)O[C@H](C(=O)OC)C1. The van der Waals surface area contributed by atoms with Crippen LogP contribution in [0.1, 0.15) is 18.4 Å². The van der Waals surface area contributed by atoms with Gasteiger partial charge in [-0.05, 0) is 24.1 Å². The van der Waals surface area contributed by atoms with Crippen molar-refractivity contribution in [2.45, 2.75) is 31.7 Å². The lowest BCUT2D eigenvalue weighted by Crippen LogP contribution is -2.37. The van der Waals surface area contributed by atoms with Crippen LogP contribution in [0.5, 0.6) is 5.75 Å². The first-order valence-electron chi connectivity index (χ1n) is 8.27. The molecule has 0 aliphatic carbocycles. The molecule has 0 saturated carbocycles. The van der Waals surface area contributed by atoms with E-state index in [4.69, 9.17) is 18.9 Å². The minimum atomic E-state index is -0.751. The Kier molecular flexibility index (Phi) is 7.62. The van der Waals surface area contributed by atoms with Crippen molar-refractivity contribution in [3.05, 3.63) is 41.5 Å². The third-order valence-electron chi connectivity index (χ3n) is 4.01. The zero-order valence-corrected chi connectivity index (χ0v) is 15.2. The predicted molar refractivity (Wildman–Crippen MR) is 92.7 cm³/mol. The van der Waals surface area contributed by atoms with Crippen LogP contribution in [0, 0.1) is 0 Å². The fourth-order valence-corrected chi connectivity index (χ4v) is 2.68. The maximum absolute atomic E-state index is 11.8. The van der Waals surface area contributed by atoms with Gasteiger partial charge in [-0.2, -0.15) is 0 Å². The average Bonchev–Trinajstić information content (AvgIpc) is 2.67. The minimum absolute atomic E-state index is 0.290. The molecule has 0 unspecified atom stereocenters. The topological polar surface area (TPSA) is 80.3 Å². The largest absolute Gasteiger partial charge is 0.497 e. The summed E-state index contributed by atoms with van der Waals surface area (Å²) < 4.78 is 26.0. The first-order chi connectivity index (χ1) is 12.5. The number of carbonyl (C=O) groups is 2. The molecule has 1 aromatic rings. The second-order valence-corrected chi connectivity index (χ2v) is 5.87. The smallest absolute Gasteiger partial charge is 0.335 e. The van der Waals surface area contributed by atoms with Gasteiger partial charge in [0, 0.05) is 12.5 Å². The Morgan fingerprint density at radius 1 is 1.12 bits per heavy atom. The van der Waals surface area contributed by atoms with Crippen LogP contribution < -0.4 is 4.74 Å². The highest BCUT2D eigenvalue weighted by Gasteiger charge is 2.31. The molecular formula is C19H24O7. The first-order valence-corrected chi connectivity index (χ1v) is 8.27. The van der Waals surface area contributed by atoms with Crippen LogP contribution in [0.25, 0.3) is 0 Å². The van der Waals surface area contributed by atoms with Crippen molar-refractivity contribution in [3.63, 3.8) is 0 Å². The summed E-state index contributed by atoms with van der Waals surface area (Å²) in [6.45, 7) is 0.695. The van der Waals surface area contributed by atoms with Gasteiger partial charge in [-0.3, -0.25) is 0 Å². The summed E-state index contributed by atoms with van der Waals surface area (Å²) in [5.74, 6) is -0.146. The average molecular weight is 364 g/mol. The summed E-state index contributed by atoms with van der Waals surface area (Å²) in [5.41, 5.74) is 1.77. The Balaban J connectivity index is 1.93. The van der Waals surface area contributed by atoms with E-state index >= 15 is 0 Å². The molecular weight excluding hydrogens is 340 g/mol. The molecule has 142 valence electrons. The number of carbonyl (C=O) groups excluding carboxylic acids is 2. The lowest BCUT2D eigenvalue weighted by Gasteiger charge is -2.30. The second-order valence-electron chi connectivity index (χ2n) is 5.87. The number of ether oxygens (including phenoxy) is 5. The quantitative estimate of drug-likeness (QED) is 0.541. The van der Waals surface area contributed by atoms with Crippen molar-refractivity contribution in [3.8, 4) is 5.75 Å². The molecule has 1 fully saturated rings. The molecule has 1 aliphatic heterocycles. The van der Waals surface area contributed by atoms with E-state index in [1.54, 1.807) is 7.11 Å². The van der Waals surface area contributed by atoms with Crippen LogP contribution in [0.15, 0.2) is 35.9 Å². The van der Waals surface area contributed by atoms with E-state index in [-0.39, 0.29) is 12.7 Å². The van der Waals surface area contributed by atoms with Crippen LogP contribution >= 0.6 is 0 Å². The van der Waals surface area contributed by atoms with Crippen LogP contribution in [-0.4, -0.2) is 52.1 Å². The van der Waals surface area contributed by atoms with Gasteiger partial charge in [0.2, 0.25) is 0 Å². The lowest BCUT2D eigenvalue weighted by atomic mass is 9.97. The van der Waals surface area contributed by atoms with Crippen LogP contribution in [0.3, 0.4) is 0 Å². The van der Waals surface area contributed by atoms with Crippen LogP contribution in [0.4, 0.5) is 0 Å². The third-order valence-corrected chi connectivity index (χ3v) is 4.01. The third kappa shape index (κ3) is 5.86. The summed E-state index contributed by atoms with van der Waals surface area (Å²) >= 11 is 0. The zero-order valence-electron chi connectivity index (χ0n) is 15.2. The van der Waals surface area contributed by atoms with E-state index in [0.29, 0.717) is 19.4 Å². The highest BCUT2D eigenvalue weighted by atomic mass is 16.6. The lowest BCUT2D eigenvalue weighted by molar-refractivity contribution is -0.163. The van der Waals surface area contributed by atoms with Gasteiger partial charge in [-0.25, -0.2) is 9.59 Å². The zero-order chi connectivity index (χ0) is 18.9. The molecule has 0 spiro atoms. The molecule has 0 aromatic heterocycles. The Hall–Kier alpha value is -2.38. The Bertz CT molecular complexity index is 636. The van der Waals surface area contributed by atoms with E-state index in [0.717, 1.165) is 16.9 Å². The van der Waals surface area contributed by atoms with Gasteiger partial charge in [0.1, 0.15) is 5.75 Å². The van der Waals surface area contributed by atoms with Gasteiger partial charge in [-0.15, -0.1) is 0 Å². The summed E-state index contributed by atoms with van der Waals surface area (Å²) in [5, 5.41) is 0. The molecule has 26 heavy (non-hydrogen) atoms. The number of hydrogen-bond acceptors (Lipinski definition) is 7. The Labute approximate surface area is 152 Å². The van der Waals surface area contributed by atoms with Gasteiger partial charge >= 0.3 is 11.9 Å². The second kappa shape index (κ2) is 9.94. The normalized spacial score (nSPS) is 21.3. The molecule has 1 aromatic carbocycles. The summed E-state index contributed by atoms with van der Waals surface area (Å²) in [7, 11) is 4.23. The molecule has 2 rings (SSSR count). The van der Waals surface area contributed by atoms with Crippen molar-refractivity contribution in [1.29, 1.82) is 0 Å². The molecule has 1 heterocycles. The number of esters is 2. The molecule has 0 radical (unpaired) electrons. The highest BCUT2D eigenvalue weighted by molar-refractivity contribution is 5.83. The van der Waals surface area contributed by atoms with E-state index < -0.39 is 18.0 Å². The molecule has 0 N–H and O–H groups in total. The van der Waals surface area contributed by atoms with Crippen molar-refractivity contribution < 1.29 is 33.3 Å². The monoisotopic (exact) mass is 364 g/mol. The number of methoxy groups -OCH3 is 3. The Morgan fingerprint density at radius 3 is 2.46 bits per heavy atom. The standard InChI is InChI=1S/C19H24O7/c1-22-15-6-4-13(5-7-15)11-25-12-16-8-14(10-18(20)23-2)9-17(26-16)19(21)24-3/h4-7,10,16-17H,8-9,11-12H2,1-3H3/b14-10-/t16-,17+/m1/s1. The molecule has 1 aliphatic rings. The Morgan fingerprint density at radius 2 is 1.85 bits per heavy atom. The van der Waals surface area contributed by atoms with Crippen LogP contribution in [0.2, 0.25) is 0 Å². The van der Waals surface area contributed by atoms with Gasteiger partial charge in [0.25, 0.3) is 0 Å². The maximum Gasteiger partial charge on any atom is 0.335 e. The number of benzene rings is 1. The molecule has 1 saturated heterocycles. The first kappa shape index (κ1) is 19.9. The molecule has 7 nitrogen and oxygen atoms in total. The van der Waals surface area contributed by atoms with Gasteiger partial charge < -0.3 is 23.7 Å². The molecule has 0 bridgehead atoms. The van der Waals surface area contributed by atoms with Crippen molar-refractivity contribution in [2.75, 3.05) is 27.9 Å². The fraction of sp³-hybridized carbons (Fsp3) is 0.474. The molecule has 0 amide bonds. The summed E-state index contributed by atoms with van der Waals surface area (Å²) in [4.78, 5) is 23.3. The van der Waals surface area contributed by atoms with Gasteiger partial charge in [0.05, 0.1) is 40.6 Å². The fourth-order valence-electron chi connectivity index (χ4n) is 2.68. The van der Waals surface area contributed by atoms with Crippen molar-refractivity contribution in [1.82, 2.24) is 0 Å². The number of hydrogen-bond donors (Lipinski definition) is 0. The van der Waals surface area contributed by atoms with Crippen molar-refractivity contribution >= 4 is 11.9 Å². The van der Waals surface area contributed by atoms with Gasteiger partial charge in [0.15, 0.2) is 6.10 Å². The molecule has 2 atom stereocenters. The van der Waals surface area contributed by atoms with E-state index in [1.165, 1.54) is 20.3 Å². The highest BCUT2D eigenvalue weighted by Crippen LogP contribution is 2.26. The molecule has 7 heteroatoms. The van der Waals surface area contributed by atoms with E-state index in [9.17, 15) is 9.59 Å². The summed E-state index contributed by atoms with van der Waals surface area (Å²) in [6, 6.07) is 7.56. The van der Waals surface area contributed by atoms with Gasteiger partial charge in [-0.1, -0.05) is 17.7 Å².